The molecule has 0 aliphatic carbocycles. The van der Waals surface area contributed by atoms with E-state index in [1.807, 2.05) is 0 Å². The Bertz CT molecular complexity index is 649. The van der Waals surface area contributed by atoms with Crippen molar-refractivity contribution in [1.82, 2.24) is 14.9 Å². The molecule has 0 amide bonds. The summed E-state index contributed by atoms with van der Waals surface area (Å²) in [6.45, 7) is 9.34. The maximum atomic E-state index is 5.11. The van der Waals surface area contributed by atoms with E-state index in [9.17, 15) is 0 Å². The molecule has 5 nitrogen and oxygen atoms in total. The van der Waals surface area contributed by atoms with Gasteiger partial charge in [-0.05, 0) is 25.0 Å². The van der Waals surface area contributed by atoms with Gasteiger partial charge >= 0.3 is 0 Å². The van der Waals surface area contributed by atoms with Crippen LogP contribution in [-0.2, 0) is 6.54 Å². The van der Waals surface area contributed by atoms with Gasteiger partial charge in [-0.3, -0.25) is 4.90 Å². The van der Waals surface area contributed by atoms with Crippen LogP contribution in [0.2, 0.25) is 0 Å². The Hall–Kier alpha value is -2.14. The fourth-order valence-electron chi connectivity index (χ4n) is 2.90. The van der Waals surface area contributed by atoms with Crippen molar-refractivity contribution in [3.05, 3.63) is 47.3 Å². The average molecular weight is 312 g/mol. The van der Waals surface area contributed by atoms with E-state index in [1.165, 1.54) is 16.7 Å². The number of nitrogens with zero attached hydrogens (tertiary/aromatic N) is 4. The minimum absolute atomic E-state index is 0.697. The molecule has 1 aromatic heterocycles. The number of hydrogen-bond donors (Lipinski definition) is 0. The summed E-state index contributed by atoms with van der Waals surface area (Å²) in [7, 11) is 1.63. The van der Waals surface area contributed by atoms with Crippen LogP contribution in [0.4, 0.5) is 5.95 Å². The molecule has 122 valence electrons. The zero-order chi connectivity index (χ0) is 16.2. The molecular formula is C18H24N4O. The lowest BCUT2D eigenvalue weighted by Gasteiger charge is -2.35. The highest BCUT2D eigenvalue weighted by atomic mass is 16.5. The molecule has 0 saturated carbocycles. The first-order valence-electron chi connectivity index (χ1n) is 8.05. The first-order valence-corrected chi connectivity index (χ1v) is 8.05. The van der Waals surface area contributed by atoms with Crippen LogP contribution in [0.5, 0.6) is 5.75 Å². The molecule has 0 unspecified atom stereocenters. The lowest BCUT2D eigenvalue weighted by atomic mass is 10.0. The van der Waals surface area contributed by atoms with Crippen molar-refractivity contribution in [3.8, 4) is 5.75 Å². The van der Waals surface area contributed by atoms with Gasteiger partial charge in [0.1, 0.15) is 0 Å². The van der Waals surface area contributed by atoms with Crippen LogP contribution in [0.3, 0.4) is 0 Å². The summed E-state index contributed by atoms with van der Waals surface area (Å²) in [5.41, 5.74) is 4.13. The van der Waals surface area contributed by atoms with E-state index in [0.717, 1.165) is 38.7 Å². The van der Waals surface area contributed by atoms with Crippen molar-refractivity contribution in [3.63, 3.8) is 0 Å². The van der Waals surface area contributed by atoms with E-state index in [2.05, 4.69) is 51.8 Å². The summed E-state index contributed by atoms with van der Waals surface area (Å²) in [6, 6.07) is 6.69. The van der Waals surface area contributed by atoms with Crippen LogP contribution >= 0.6 is 0 Å². The number of rotatable bonds is 4. The van der Waals surface area contributed by atoms with Crippen molar-refractivity contribution < 1.29 is 4.74 Å². The van der Waals surface area contributed by atoms with Crippen LogP contribution in [0.15, 0.2) is 30.6 Å². The third-order valence-electron chi connectivity index (χ3n) is 4.40. The van der Waals surface area contributed by atoms with Crippen molar-refractivity contribution in [1.29, 1.82) is 0 Å². The third kappa shape index (κ3) is 3.79. The van der Waals surface area contributed by atoms with E-state index in [-0.39, 0.29) is 0 Å². The van der Waals surface area contributed by atoms with Gasteiger partial charge in [-0.15, -0.1) is 0 Å². The van der Waals surface area contributed by atoms with Gasteiger partial charge in [0.15, 0.2) is 5.75 Å². The van der Waals surface area contributed by atoms with Gasteiger partial charge in [0.25, 0.3) is 0 Å². The fraction of sp³-hybridized carbons (Fsp3) is 0.444. The zero-order valence-electron chi connectivity index (χ0n) is 14.1. The van der Waals surface area contributed by atoms with Crippen LogP contribution < -0.4 is 9.64 Å². The van der Waals surface area contributed by atoms with Gasteiger partial charge in [0.2, 0.25) is 5.95 Å². The third-order valence-corrected chi connectivity index (χ3v) is 4.40. The Kier molecular flexibility index (Phi) is 4.76. The molecule has 1 fully saturated rings. The van der Waals surface area contributed by atoms with Crippen LogP contribution in [0.1, 0.15) is 16.7 Å². The Morgan fingerprint density at radius 1 is 1.04 bits per heavy atom. The van der Waals surface area contributed by atoms with Crippen molar-refractivity contribution >= 4 is 5.95 Å². The van der Waals surface area contributed by atoms with E-state index < -0.39 is 0 Å². The van der Waals surface area contributed by atoms with Gasteiger partial charge in [-0.2, -0.15) is 0 Å². The zero-order valence-corrected chi connectivity index (χ0v) is 14.1. The van der Waals surface area contributed by atoms with Crippen molar-refractivity contribution in [2.75, 3.05) is 38.2 Å². The highest BCUT2D eigenvalue weighted by molar-refractivity contribution is 5.33. The number of anilines is 1. The van der Waals surface area contributed by atoms with Crippen LogP contribution in [0, 0.1) is 13.8 Å². The molecular weight excluding hydrogens is 288 g/mol. The van der Waals surface area contributed by atoms with Gasteiger partial charge in [-0.25, -0.2) is 9.97 Å². The van der Waals surface area contributed by atoms with Gasteiger partial charge in [-0.1, -0.05) is 23.8 Å². The Morgan fingerprint density at radius 2 is 1.74 bits per heavy atom. The molecule has 1 aliphatic heterocycles. The molecule has 0 bridgehead atoms. The van der Waals surface area contributed by atoms with Gasteiger partial charge in [0.05, 0.1) is 19.5 Å². The molecule has 1 aromatic carbocycles. The van der Waals surface area contributed by atoms with E-state index in [1.54, 1.807) is 19.5 Å². The molecule has 3 rings (SSSR count). The minimum atomic E-state index is 0.697. The maximum Gasteiger partial charge on any atom is 0.225 e. The summed E-state index contributed by atoms with van der Waals surface area (Å²) in [5, 5.41) is 0. The number of piperazine rings is 1. The largest absolute Gasteiger partial charge is 0.494 e. The topological polar surface area (TPSA) is 41.5 Å². The number of ether oxygens (including phenoxy) is 1. The lowest BCUT2D eigenvalue weighted by molar-refractivity contribution is 0.248. The Morgan fingerprint density at radius 3 is 2.39 bits per heavy atom. The highest BCUT2D eigenvalue weighted by Crippen LogP contribution is 2.17. The number of methoxy groups -OCH3 is 1. The predicted molar refractivity (Wildman–Crippen MR) is 92.0 cm³/mol. The van der Waals surface area contributed by atoms with E-state index >= 15 is 0 Å². The molecule has 1 aliphatic rings. The maximum absolute atomic E-state index is 5.11. The molecule has 1 saturated heterocycles. The number of hydrogen-bond acceptors (Lipinski definition) is 5. The SMILES string of the molecule is COc1cnc(N2CCN(Cc3cc(C)ccc3C)CC2)nc1. The minimum Gasteiger partial charge on any atom is -0.494 e. The molecule has 23 heavy (non-hydrogen) atoms. The molecule has 2 heterocycles. The normalized spacial score (nSPS) is 15.7. The second-order valence-corrected chi connectivity index (χ2v) is 6.12. The fourth-order valence-corrected chi connectivity index (χ4v) is 2.90. The van der Waals surface area contributed by atoms with E-state index in [0.29, 0.717) is 5.75 Å². The molecule has 2 aromatic rings. The Labute approximate surface area is 137 Å². The van der Waals surface area contributed by atoms with Gasteiger partial charge in [0, 0.05) is 32.7 Å². The number of aromatic nitrogens is 2. The standard InChI is InChI=1S/C18H24N4O/c1-14-4-5-15(2)16(10-14)13-21-6-8-22(9-7-21)18-19-11-17(23-3)12-20-18/h4-5,10-12H,6-9,13H2,1-3H3. The summed E-state index contributed by atoms with van der Waals surface area (Å²) < 4.78 is 5.11. The van der Waals surface area contributed by atoms with E-state index in [4.69, 9.17) is 4.74 Å². The second kappa shape index (κ2) is 6.96. The summed E-state index contributed by atoms with van der Waals surface area (Å²) in [5.74, 6) is 1.49. The molecule has 5 heteroatoms. The predicted octanol–water partition coefficient (Wildman–Crippen LogP) is 2.42. The molecule has 0 atom stereocenters. The summed E-state index contributed by atoms with van der Waals surface area (Å²) >= 11 is 0. The average Bonchev–Trinajstić information content (AvgIpc) is 2.59. The smallest absolute Gasteiger partial charge is 0.225 e. The first kappa shape index (κ1) is 15.7. The summed E-state index contributed by atoms with van der Waals surface area (Å²) in [4.78, 5) is 13.5. The van der Waals surface area contributed by atoms with Crippen molar-refractivity contribution in [2.24, 2.45) is 0 Å². The summed E-state index contributed by atoms with van der Waals surface area (Å²) in [6.07, 6.45) is 3.45. The monoisotopic (exact) mass is 312 g/mol. The lowest BCUT2D eigenvalue weighted by Crippen LogP contribution is -2.46. The number of aryl methyl sites for hydroxylation is 2. The van der Waals surface area contributed by atoms with Gasteiger partial charge < -0.3 is 9.64 Å². The molecule has 0 spiro atoms. The van der Waals surface area contributed by atoms with Crippen LogP contribution in [-0.4, -0.2) is 48.2 Å². The van der Waals surface area contributed by atoms with Crippen molar-refractivity contribution in [2.45, 2.75) is 20.4 Å². The quantitative estimate of drug-likeness (QED) is 0.867. The molecule has 0 radical (unpaired) electrons. The second-order valence-electron chi connectivity index (χ2n) is 6.12. The molecule has 0 N–H and O–H groups in total. The Balaban J connectivity index is 1.58. The highest BCUT2D eigenvalue weighted by Gasteiger charge is 2.19. The number of benzene rings is 1. The first-order chi connectivity index (χ1) is 11.2. The van der Waals surface area contributed by atoms with Crippen LogP contribution in [0.25, 0.3) is 0 Å².